The molecule has 7 heteroatoms. The molecule has 0 aromatic heterocycles. The lowest BCUT2D eigenvalue weighted by molar-refractivity contribution is -0.132. The third-order valence-corrected chi connectivity index (χ3v) is 3.71. The second-order valence-corrected chi connectivity index (χ2v) is 5.70. The Hall–Kier alpha value is -3.79. The van der Waals surface area contributed by atoms with E-state index in [1.807, 2.05) is 30.3 Å². The fourth-order valence-corrected chi connectivity index (χ4v) is 2.35. The van der Waals surface area contributed by atoms with Gasteiger partial charge >= 0.3 is 5.97 Å². The largest absolute Gasteiger partial charge is 0.497 e. The zero-order valence-electron chi connectivity index (χ0n) is 16.8. The molecule has 0 bridgehead atoms. The van der Waals surface area contributed by atoms with Gasteiger partial charge in [0.25, 0.3) is 0 Å². The third-order valence-electron chi connectivity index (χ3n) is 3.71. The van der Waals surface area contributed by atoms with E-state index in [4.69, 9.17) is 19.1 Å². The summed E-state index contributed by atoms with van der Waals surface area (Å²) in [6.07, 6.45) is 0. The number of hydrogen-bond donors (Lipinski definition) is 0. The Labute approximate surface area is 169 Å². The molecule has 7 nitrogen and oxygen atoms in total. The van der Waals surface area contributed by atoms with Crippen molar-refractivity contribution >= 4 is 17.4 Å². The van der Waals surface area contributed by atoms with Crippen LogP contribution in [0.1, 0.15) is 23.6 Å². The minimum absolute atomic E-state index is 0.0488. The highest BCUT2D eigenvalue weighted by atomic mass is 16.6. The average Bonchev–Trinajstić information content (AvgIpc) is 2.76. The average molecular weight is 394 g/mol. The Balaban J connectivity index is 2.11. The molecular formula is C22H22N2O5. The summed E-state index contributed by atoms with van der Waals surface area (Å²) in [5, 5.41) is 7.78. The number of carbonyl (C=O) groups is 1. The van der Waals surface area contributed by atoms with Crippen LogP contribution in [0.5, 0.6) is 5.75 Å². The van der Waals surface area contributed by atoms with Gasteiger partial charge in [0.05, 0.1) is 14.2 Å². The van der Waals surface area contributed by atoms with Crippen molar-refractivity contribution in [1.82, 2.24) is 0 Å². The smallest absolute Gasteiger partial charge is 0.360 e. The molecule has 0 atom stereocenters. The molecule has 0 saturated heterocycles. The Morgan fingerprint density at radius 1 is 1.03 bits per heavy atom. The molecule has 29 heavy (non-hydrogen) atoms. The molecule has 2 rings (SSSR count). The summed E-state index contributed by atoms with van der Waals surface area (Å²) in [6, 6.07) is 14.6. The maximum absolute atomic E-state index is 12.0. The van der Waals surface area contributed by atoms with Crippen LogP contribution < -0.4 is 4.74 Å². The zero-order valence-corrected chi connectivity index (χ0v) is 16.8. The Kier molecular flexibility index (Phi) is 8.27. The van der Waals surface area contributed by atoms with Crippen LogP contribution in [-0.4, -0.2) is 38.7 Å². The van der Waals surface area contributed by atoms with E-state index < -0.39 is 5.97 Å². The predicted molar refractivity (Wildman–Crippen MR) is 110 cm³/mol. The van der Waals surface area contributed by atoms with Crippen molar-refractivity contribution in [2.45, 2.75) is 13.5 Å². The summed E-state index contributed by atoms with van der Waals surface area (Å²) in [5.74, 6) is 6.05. The Bertz CT molecular complexity index is 970. The number of benzene rings is 2. The van der Waals surface area contributed by atoms with E-state index >= 15 is 0 Å². The number of oxime groups is 2. The number of nitrogens with zero attached hydrogens (tertiary/aromatic N) is 2. The molecule has 0 aliphatic carbocycles. The maximum atomic E-state index is 12.0. The topological polar surface area (TPSA) is 78.7 Å². The highest BCUT2D eigenvalue weighted by Crippen LogP contribution is 2.14. The minimum atomic E-state index is -0.608. The first-order valence-corrected chi connectivity index (χ1v) is 8.69. The lowest BCUT2D eigenvalue weighted by atomic mass is 10.0. The first-order chi connectivity index (χ1) is 14.1. The molecule has 0 fully saturated rings. The van der Waals surface area contributed by atoms with Crippen molar-refractivity contribution in [2.75, 3.05) is 21.3 Å². The van der Waals surface area contributed by atoms with Crippen molar-refractivity contribution in [1.29, 1.82) is 0 Å². The molecule has 0 heterocycles. The minimum Gasteiger partial charge on any atom is -0.497 e. The van der Waals surface area contributed by atoms with Crippen LogP contribution in [0.2, 0.25) is 0 Å². The van der Waals surface area contributed by atoms with Gasteiger partial charge in [-0.3, -0.25) is 0 Å². The van der Waals surface area contributed by atoms with Gasteiger partial charge in [-0.15, -0.1) is 0 Å². The van der Waals surface area contributed by atoms with Crippen molar-refractivity contribution < 1.29 is 23.9 Å². The van der Waals surface area contributed by atoms with Gasteiger partial charge < -0.3 is 19.1 Å². The fourth-order valence-electron chi connectivity index (χ4n) is 2.35. The van der Waals surface area contributed by atoms with E-state index in [0.717, 1.165) is 11.3 Å². The number of hydrogen-bond acceptors (Lipinski definition) is 7. The van der Waals surface area contributed by atoms with Gasteiger partial charge in [0.15, 0.2) is 5.71 Å². The van der Waals surface area contributed by atoms with Gasteiger partial charge in [0.1, 0.15) is 25.2 Å². The number of esters is 1. The summed E-state index contributed by atoms with van der Waals surface area (Å²) >= 11 is 0. The standard InChI is InChI=1S/C22H22N2O5/c1-16(12-13-17-8-7-10-19(14-17)26-2)23-29-15-18-9-5-6-11-20(18)21(24-28-4)22(25)27-3/h5-11,14H,15H2,1-4H3/b23-16+,24-21+. The molecular weight excluding hydrogens is 372 g/mol. The molecule has 150 valence electrons. The van der Waals surface area contributed by atoms with Gasteiger partial charge in [-0.1, -0.05) is 46.6 Å². The fraction of sp³-hybridized carbons (Fsp3) is 0.227. The molecule has 0 N–H and O–H groups in total. The Morgan fingerprint density at radius 3 is 2.55 bits per heavy atom. The lowest BCUT2D eigenvalue weighted by Gasteiger charge is -2.09. The summed E-state index contributed by atoms with van der Waals surface area (Å²) in [5.41, 5.74) is 2.60. The normalized spacial score (nSPS) is 11.2. The lowest BCUT2D eigenvalue weighted by Crippen LogP contribution is -2.19. The number of carbonyl (C=O) groups excluding carboxylic acids is 1. The molecule has 0 aliphatic rings. The SMILES string of the molecule is CO/N=C(/C(=O)OC)c1ccccc1CO/N=C(\C)C#Cc1cccc(OC)c1. The van der Waals surface area contributed by atoms with Crippen molar-refractivity contribution in [3.8, 4) is 17.6 Å². The van der Waals surface area contributed by atoms with Crippen LogP contribution in [0.15, 0.2) is 58.8 Å². The van der Waals surface area contributed by atoms with Gasteiger partial charge in [-0.25, -0.2) is 4.79 Å². The van der Waals surface area contributed by atoms with Crippen LogP contribution in [0, 0.1) is 11.8 Å². The van der Waals surface area contributed by atoms with E-state index in [2.05, 4.69) is 22.2 Å². The maximum Gasteiger partial charge on any atom is 0.360 e. The number of ether oxygens (including phenoxy) is 2. The predicted octanol–water partition coefficient (Wildman–Crippen LogP) is 3.16. The van der Waals surface area contributed by atoms with Crippen LogP contribution in [0.4, 0.5) is 0 Å². The van der Waals surface area contributed by atoms with E-state index in [0.29, 0.717) is 16.8 Å². The summed E-state index contributed by atoms with van der Waals surface area (Å²) < 4.78 is 9.94. The Morgan fingerprint density at radius 2 is 1.83 bits per heavy atom. The van der Waals surface area contributed by atoms with Crippen molar-refractivity contribution in [3.05, 3.63) is 65.2 Å². The first-order valence-electron chi connectivity index (χ1n) is 8.69. The third kappa shape index (κ3) is 6.40. The molecule has 0 aliphatic heterocycles. The quantitative estimate of drug-likeness (QED) is 0.312. The highest BCUT2D eigenvalue weighted by molar-refractivity contribution is 6.43. The number of rotatable bonds is 7. The van der Waals surface area contributed by atoms with Gasteiger partial charge in [0.2, 0.25) is 0 Å². The van der Waals surface area contributed by atoms with Crippen LogP contribution >= 0.6 is 0 Å². The van der Waals surface area contributed by atoms with Crippen LogP contribution in [-0.2, 0) is 25.8 Å². The van der Waals surface area contributed by atoms with Gasteiger partial charge in [0, 0.05) is 16.7 Å². The molecule has 2 aromatic carbocycles. The van der Waals surface area contributed by atoms with E-state index in [1.165, 1.54) is 14.2 Å². The second kappa shape index (κ2) is 11.1. The zero-order chi connectivity index (χ0) is 21.1. The molecule has 0 amide bonds. The molecule has 0 radical (unpaired) electrons. The van der Waals surface area contributed by atoms with E-state index in [1.54, 1.807) is 32.2 Å². The van der Waals surface area contributed by atoms with E-state index in [9.17, 15) is 4.79 Å². The highest BCUT2D eigenvalue weighted by Gasteiger charge is 2.19. The molecule has 0 unspecified atom stereocenters. The molecule has 0 spiro atoms. The second-order valence-electron chi connectivity index (χ2n) is 5.70. The van der Waals surface area contributed by atoms with Crippen molar-refractivity contribution in [3.63, 3.8) is 0 Å². The first kappa shape index (κ1) is 21.5. The van der Waals surface area contributed by atoms with E-state index in [-0.39, 0.29) is 12.3 Å². The van der Waals surface area contributed by atoms with Crippen LogP contribution in [0.3, 0.4) is 0 Å². The summed E-state index contributed by atoms with van der Waals surface area (Å²) in [6.45, 7) is 1.86. The summed E-state index contributed by atoms with van der Waals surface area (Å²) in [7, 11) is 4.24. The summed E-state index contributed by atoms with van der Waals surface area (Å²) in [4.78, 5) is 22.1. The molecule has 2 aromatic rings. The van der Waals surface area contributed by atoms with Gasteiger partial charge in [-0.05, 0) is 31.0 Å². The number of methoxy groups -OCH3 is 2. The molecule has 0 saturated carbocycles. The van der Waals surface area contributed by atoms with Crippen molar-refractivity contribution in [2.24, 2.45) is 10.3 Å². The van der Waals surface area contributed by atoms with Crippen LogP contribution in [0.25, 0.3) is 0 Å². The monoisotopic (exact) mass is 394 g/mol. The van der Waals surface area contributed by atoms with Gasteiger partial charge in [-0.2, -0.15) is 0 Å².